The van der Waals surface area contributed by atoms with Gasteiger partial charge in [0.2, 0.25) is 0 Å². The second kappa shape index (κ2) is 3.68. The van der Waals surface area contributed by atoms with Crippen molar-refractivity contribution in [2.24, 2.45) is 5.11 Å². The van der Waals surface area contributed by atoms with E-state index in [4.69, 9.17) is 10.3 Å². The number of benzene rings is 1. The molecular weight excluding hydrogens is 209 g/mol. The molecule has 4 nitrogen and oxygen atoms in total. The monoisotopic (exact) mass is 221 g/mol. The summed E-state index contributed by atoms with van der Waals surface area (Å²) in [5.74, 6) is 0.246. The van der Waals surface area contributed by atoms with Crippen LogP contribution in [0.4, 0.5) is 4.39 Å². The van der Waals surface area contributed by atoms with E-state index in [0.717, 1.165) is 0 Å². The molecular formula is C11H12FN3O. The quantitative estimate of drug-likeness (QED) is 0.405. The Morgan fingerprint density at radius 3 is 3.00 bits per heavy atom. The third kappa shape index (κ3) is 1.95. The molecule has 84 valence electrons. The highest BCUT2D eigenvalue weighted by Crippen LogP contribution is 2.41. The van der Waals surface area contributed by atoms with Gasteiger partial charge in [0.15, 0.2) is 0 Å². The molecule has 16 heavy (non-hydrogen) atoms. The largest absolute Gasteiger partial charge is 0.488 e. The summed E-state index contributed by atoms with van der Waals surface area (Å²) < 4.78 is 18.8. The van der Waals surface area contributed by atoms with Crippen LogP contribution in [0.25, 0.3) is 10.4 Å². The van der Waals surface area contributed by atoms with Crippen molar-refractivity contribution in [2.45, 2.75) is 31.9 Å². The number of ether oxygens (including phenoxy) is 1. The SMILES string of the molecule is CC1(C)C[C@H](N=[N+]=[N-])c2cc(F)ccc2O1. The van der Waals surface area contributed by atoms with Crippen molar-refractivity contribution in [3.8, 4) is 5.75 Å². The molecule has 1 aliphatic heterocycles. The smallest absolute Gasteiger partial charge is 0.123 e. The second-order valence-corrected chi connectivity index (χ2v) is 4.47. The first kappa shape index (κ1) is 10.8. The molecule has 5 heteroatoms. The van der Waals surface area contributed by atoms with Gasteiger partial charge >= 0.3 is 0 Å². The van der Waals surface area contributed by atoms with Crippen molar-refractivity contribution in [1.82, 2.24) is 0 Å². The summed E-state index contributed by atoms with van der Waals surface area (Å²) >= 11 is 0. The Bertz CT molecular complexity index is 466. The average molecular weight is 221 g/mol. The molecule has 0 aromatic heterocycles. The molecule has 0 unspecified atom stereocenters. The fraction of sp³-hybridized carbons (Fsp3) is 0.455. The van der Waals surface area contributed by atoms with Gasteiger partial charge in [0.1, 0.15) is 17.2 Å². The van der Waals surface area contributed by atoms with Crippen LogP contribution >= 0.6 is 0 Å². The molecule has 1 aliphatic rings. The zero-order valence-corrected chi connectivity index (χ0v) is 9.14. The predicted molar refractivity (Wildman–Crippen MR) is 57.6 cm³/mol. The van der Waals surface area contributed by atoms with E-state index >= 15 is 0 Å². The standard InChI is InChI=1S/C11H12FN3O/c1-11(2)6-9(14-15-13)8-5-7(12)3-4-10(8)16-11/h3-5,9H,6H2,1-2H3/t9-/m0/s1. The first-order valence-corrected chi connectivity index (χ1v) is 5.04. The molecule has 0 saturated heterocycles. The van der Waals surface area contributed by atoms with Gasteiger partial charge in [-0.1, -0.05) is 5.11 Å². The van der Waals surface area contributed by atoms with Gasteiger partial charge < -0.3 is 4.74 Å². The molecule has 0 saturated carbocycles. The normalized spacial score (nSPS) is 21.6. The van der Waals surface area contributed by atoms with Crippen LogP contribution < -0.4 is 4.74 Å². The molecule has 1 atom stereocenters. The number of rotatable bonds is 1. The van der Waals surface area contributed by atoms with E-state index in [1.807, 2.05) is 13.8 Å². The van der Waals surface area contributed by atoms with E-state index in [9.17, 15) is 4.39 Å². The number of azide groups is 1. The minimum Gasteiger partial charge on any atom is -0.488 e. The molecule has 1 heterocycles. The Kier molecular flexibility index (Phi) is 2.48. The molecule has 1 aromatic carbocycles. The Balaban J connectivity index is 2.51. The van der Waals surface area contributed by atoms with Gasteiger partial charge in [-0.3, -0.25) is 0 Å². The van der Waals surface area contributed by atoms with Crippen molar-refractivity contribution < 1.29 is 9.13 Å². The lowest BCUT2D eigenvalue weighted by molar-refractivity contribution is 0.0726. The van der Waals surface area contributed by atoms with E-state index in [2.05, 4.69) is 10.0 Å². The summed E-state index contributed by atoms with van der Waals surface area (Å²) in [5, 5.41) is 3.70. The molecule has 0 spiro atoms. The number of halogens is 1. The number of hydrogen-bond donors (Lipinski definition) is 0. The van der Waals surface area contributed by atoms with Gasteiger partial charge in [0.05, 0.1) is 6.04 Å². The maximum absolute atomic E-state index is 13.1. The van der Waals surface area contributed by atoms with Crippen molar-refractivity contribution >= 4 is 0 Å². The van der Waals surface area contributed by atoms with E-state index in [1.54, 1.807) is 6.07 Å². The van der Waals surface area contributed by atoms with Crippen LogP contribution in [-0.2, 0) is 0 Å². The zero-order chi connectivity index (χ0) is 11.8. The number of nitrogens with zero attached hydrogens (tertiary/aromatic N) is 3. The minimum absolute atomic E-state index is 0.347. The summed E-state index contributed by atoms with van der Waals surface area (Å²) in [4.78, 5) is 2.80. The molecule has 2 rings (SSSR count). The lowest BCUT2D eigenvalue weighted by Gasteiger charge is -2.35. The third-order valence-corrected chi connectivity index (χ3v) is 2.59. The number of hydrogen-bond acceptors (Lipinski definition) is 2. The van der Waals surface area contributed by atoms with Gasteiger partial charge in [-0.2, -0.15) is 0 Å². The fourth-order valence-corrected chi connectivity index (χ4v) is 1.95. The maximum Gasteiger partial charge on any atom is 0.123 e. The molecule has 0 radical (unpaired) electrons. The predicted octanol–water partition coefficient (Wildman–Crippen LogP) is 3.74. The molecule has 0 fully saturated rings. The highest BCUT2D eigenvalue weighted by molar-refractivity contribution is 5.39. The van der Waals surface area contributed by atoms with E-state index < -0.39 is 5.60 Å². The van der Waals surface area contributed by atoms with Crippen LogP contribution in [0.5, 0.6) is 5.75 Å². The van der Waals surface area contributed by atoms with Crippen LogP contribution in [0.1, 0.15) is 31.9 Å². The summed E-state index contributed by atoms with van der Waals surface area (Å²) in [6.45, 7) is 3.83. The van der Waals surface area contributed by atoms with Crippen molar-refractivity contribution in [1.29, 1.82) is 0 Å². The molecule has 0 bridgehead atoms. The highest BCUT2D eigenvalue weighted by atomic mass is 19.1. The van der Waals surface area contributed by atoms with Gasteiger partial charge in [0.25, 0.3) is 0 Å². The van der Waals surface area contributed by atoms with Crippen LogP contribution in [0.2, 0.25) is 0 Å². The molecule has 0 N–H and O–H groups in total. The second-order valence-electron chi connectivity index (χ2n) is 4.47. The number of fused-ring (bicyclic) bond motifs is 1. The van der Waals surface area contributed by atoms with Crippen LogP contribution in [-0.4, -0.2) is 5.60 Å². The summed E-state index contributed by atoms with van der Waals surface area (Å²) in [5.41, 5.74) is 8.73. The lowest BCUT2D eigenvalue weighted by Crippen LogP contribution is -2.34. The van der Waals surface area contributed by atoms with Crippen LogP contribution in [0, 0.1) is 5.82 Å². The van der Waals surface area contributed by atoms with Gasteiger partial charge in [-0.25, -0.2) is 4.39 Å². The summed E-state index contributed by atoms with van der Waals surface area (Å²) in [6, 6.07) is 3.92. The van der Waals surface area contributed by atoms with Crippen molar-refractivity contribution in [3.63, 3.8) is 0 Å². The van der Waals surface area contributed by atoms with E-state index in [1.165, 1.54) is 12.1 Å². The molecule has 0 amide bonds. The van der Waals surface area contributed by atoms with Gasteiger partial charge in [0, 0.05) is 10.5 Å². The topological polar surface area (TPSA) is 58.0 Å². The third-order valence-electron chi connectivity index (χ3n) is 2.59. The van der Waals surface area contributed by atoms with E-state index in [0.29, 0.717) is 17.7 Å². The van der Waals surface area contributed by atoms with E-state index in [-0.39, 0.29) is 11.9 Å². The fourth-order valence-electron chi connectivity index (χ4n) is 1.95. The summed E-state index contributed by atoms with van der Waals surface area (Å²) in [6.07, 6.45) is 0.549. The molecule has 0 aliphatic carbocycles. The van der Waals surface area contributed by atoms with Gasteiger partial charge in [-0.05, 0) is 44.0 Å². The van der Waals surface area contributed by atoms with Crippen molar-refractivity contribution in [2.75, 3.05) is 0 Å². The first-order chi connectivity index (χ1) is 7.52. The maximum atomic E-state index is 13.1. The highest BCUT2D eigenvalue weighted by Gasteiger charge is 2.33. The Hall–Kier alpha value is -1.74. The minimum atomic E-state index is -0.399. The van der Waals surface area contributed by atoms with Crippen LogP contribution in [0.15, 0.2) is 23.3 Å². The Morgan fingerprint density at radius 2 is 2.31 bits per heavy atom. The zero-order valence-electron chi connectivity index (χ0n) is 9.14. The van der Waals surface area contributed by atoms with Gasteiger partial charge in [-0.15, -0.1) is 0 Å². The lowest BCUT2D eigenvalue weighted by atomic mass is 9.90. The first-order valence-electron chi connectivity index (χ1n) is 5.04. The molecule has 1 aromatic rings. The average Bonchev–Trinajstić information content (AvgIpc) is 2.18. The Morgan fingerprint density at radius 1 is 1.56 bits per heavy atom. The Labute approximate surface area is 92.7 Å². The van der Waals surface area contributed by atoms with Crippen molar-refractivity contribution in [3.05, 3.63) is 40.0 Å². The summed E-state index contributed by atoms with van der Waals surface area (Å²) in [7, 11) is 0. The van der Waals surface area contributed by atoms with Crippen LogP contribution in [0.3, 0.4) is 0 Å².